The van der Waals surface area contributed by atoms with E-state index in [0.29, 0.717) is 30.0 Å². The van der Waals surface area contributed by atoms with E-state index in [1.165, 1.54) is 0 Å². The number of aromatic nitrogens is 2. The second-order valence-corrected chi connectivity index (χ2v) is 7.44. The largest absolute Gasteiger partial charge is 0.497 e. The molecule has 0 fully saturated rings. The second-order valence-electron chi connectivity index (χ2n) is 7.44. The van der Waals surface area contributed by atoms with Crippen molar-refractivity contribution in [2.24, 2.45) is 0 Å². The van der Waals surface area contributed by atoms with Crippen LogP contribution in [0.15, 0.2) is 48.5 Å². The first-order valence-corrected chi connectivity index (χ1v) is 10.7. The van der Waals surface area contributed by atoms with Crippen molar-refractivity contribution < 1.29 is 23.8 Å². The lowest BCUT2D eigenvalue weighted by Gasteiger charge is -2.28. The van der Waals surface area contributed by atoms with E-state index < -0.39 is 5.97 Å². The van der Waals surface area contributed by atoms with Crippen LogP contribution in [0.1, 0.15) is 28.7 Å². The first-order valence-electron chi connectivity index (χ1n) is 10.7. The van der Waals surface area contributed by atoms with Crippen molar-refractivity contribution in [2.75, 3.05) is 32.7 Å². The summed E-state index contributed by atoms with van der Waals surface area (Å²) in [5, 5.41) is 7.45. The monoisotopic (exact) mass is 450 g/mol. The summed E-state index contributed by atoms with van der Waals surface area (Å²) in [6.07, 6.45) is 0.541. The van der Waals surface area contributed by atoms with Crippen LogP contribution in [0.3, 0.4) is 0 Å². The van der Waals surface area contributed by atoms with Gasteiger partial charge in [0.15, 0.2) is 5.69 Å². The van der Waals surface area contributed by atoms with Gasteiger partial charge in [0.25, 0.3) is 0 Å². The number of hydrogen-bond acceptors (Lipinski definition) is 6. The van der Waals surface area contributed by atoms with E-state index in [9.17, 15) is 9.59 Å². The van der Waals surface area contributed by atoms with Crippen LogP contribution in [0, 0.1) is 0 Å². The summed E-state index contributed by atoms with van der Waals surface area (Å²) in [4.78, 5) is 27.3. The Morgan fingerprint density at radius 2 is 1.82 bits per heavy atom. The Morgan fingerprint density at radius 3 is 2.52 bits per heavy atom. The van der Waals surface area contributed by atoms with E-state index in [0.717, 1.165) is 17.1 Å². The van der Waals surface area contributed by atoms with Gasteiger partial charge >= 0.3 is 12.0 Å². The summed E-state index contributed by atoms with van der Waals surface area (Å²) in [7, 11) is 3.18. The topological polar surface area (TPSA) is 94.9 Å². The van der Waals surface area contributed by atoms with E-state index in [4.69, 9.17) is 14.2 Å². The van der Waals surface area contributed by atoms with E-state index in [2.05, 4.69) is 10.4 Å². The summed E-state index contributed by atoms with van der Waals surface area (Å²) in [6, 6.07) is 14.3. The van der Waals surface area contributed by atoms with Crippen LogP contribution in [0.5, 0.6) is 11.5 Å². The van der Waals surface area contributed by atoms with Gasteiger partial charge in [0.2, 0.25) is 0 Å². The lowest BCUT2D eigenvalue weighted by atomic mass is 10.0. The first-order chi connectivity index (χ1) is 16.0. The van der Waals surface area contributed by atoms with Gasteiger partial charge in [0.05, 0.1) is 38.8 Å². The number of urea groups is 1. The molecular formula is C24H26N4O5. The van der Waals surface area contributed by atoms with Gasteiger partial charge in [-0.15, -0.1) is 0 Å². The number of rotatable bonds is 6. The highest BCUT2D eigenvalue weighted by Gasteiger charge is 2.31. The molecule has 0 saturated heterocycles. The first kappa shape index (κ1) is 22.2. The Labute approximate surface area is 191 Å². The molecule has 0 radical (unpaired) electrons. The van der Waals surface area contributed by atoms with Crippen LogP contribution in [0.25, 0.3) is 5.69 Å². The number of benzene rings is 2. The fourth-order valence-corrected chi connectivity index (χ4v) is 3.80. The van der Waals surface area contributed by atoms with Crippen LogP contribution in [0.2, 0.25) is 0 Å². The maximum atomic E-state index is 12.9. The zero-order valence-corrected chi connectivity index (χ0v) is 18.8. The number of amides is 2. The molecule has 0 saturated carbocycles. The van der Waals surface area contributed by atoms with Crippen LogP contribution < -0.4 is 14.8 Å². The highest BCUT2D eigenvalue weighted by molar-refractivity contribution is 5.91. The zero-order chi connectivity index (χ0) is 23.4. The molecule has 9 heteroatoms. The standard InChI is InChI=1S/C24H26N4O5/c1-4-33-23(29)22-20-15-27(24(30)25-16-6-5-7-19(14-16)32-3)13-12-21(20)28(26-22)17-8-10-18(31-2)11-9-17/h5-11,14H,4,12-13,15H2,1-3H3,(H,25,30). The van der Waals surface area contributed by atoms with Gasteiger partial charge in [0.1, 0.15) is 11.5 Å². The molecule has 2 aromatic carbocycles. The number of ether oxygens (including phenoxy) is 3. The van der Waals surface area contributed by atoms with Crippen molar-refractivity contribution in [1.82, 2.24) is 14.7 Å². The van der Waals surface area contributed by atoms with Crippen LogP contribution in [0.4, 0.5) is 10.5 Å². The minimum atomic E-state index is -0.504. The fraction of sp³-hybridized carbons (Fsp3) is 0.292. The normalized spacial score (nSPS) is 12.6. The van der Waals surface area contributed by atoms with E-state index in [-0.39, 0.29) is 24.9 Å². The number of anilines is 1. The van der Waals surface area contributed by atoms with Gasteiger partial charge in [-0.1, -0.05) is 6.07 Å². The Bertz CT molecular complexity index is 1160. The molecule has 172 valence electrons. The number of nitrogens with one attached hydrogen (secondary N) is 1. The summed E-state index contributed by atoms with van der Waals surface area (Å²) in [5.74, 6) is 0.876. The number of hydrogen-bond donors (Lipinski definition) is 1. The number of esters is 1. The predicted molar refractivity (Wildman–Crippen MR) is 122 cm³/mol. The Morgan fingerprint density at radius 1 is 1.06 bits per heavy atom. The highest BCUT2D eigenvalue weighted by Crippen LogP contribution is 2.27. The molecule has 1 aromatic heterocycles. The van der Waals surface area contributed by atoms with Crippen molar-refractivity contribution in [3.63, 3.8) is 0 Å². The third-order valence-corrected chi connectivity index (χ3v) is 5.45. The molecular weight excluding hydrogens is 424 g/mol. The van der Waals surface area contributed by atoms with Crippen molar-refractivity contribution in [2.45, 2.75) is 19.9 Å². The van der Waals surface area contributed by atoms with Gasteiger partial charge < -0.3 is 24.4 Å². The van der Waals surface area contributed by atoms with E-state index in [1.54, 1.807) is 48.9 Å². The lowest BCUT2D eigenvalue weighted by molar-refractivity contribution is 0.0516. The average Bonchev–Trinajstić information content (AvgIpc) is 3.23. The summed E-state index contributed by atoms with van der Waals surface area (Å²) in [5.41, 5.74) is 3.23. The number of nitrogens with zero attached hydrogens (tertiary/aromatic N) is 3. The third kappa shape index (κ3) is 4.62. The molecule has 4 rings (SSSR count). The van der Waals surface area contributed by atoms with Crippen LogP contribution in [-0.4, -0.2) is 54.1 Å². The summed E-state index contributed by atoms with van der Waals surface area (Å²) >= 11 is 0. The molecule has 9 nitrogen and oxygen atoms in total. The summed E-state index contributed by atoms with van der Waals surface area (Å²) in [6.45, 7) is 2.71. The summed E-state index contributed by atoms with van der Waals surface area (Å²) < 4.78 is 17.4. The van der Waals surface area contributed by atoms with Gasteiger partial charge in [-0.05, 0) is 43.3 Å². The minimum absolute atomic E-state index is 0.224. The van der Waals surface area contributed by atoms with Gasteiger partial charge in [0, 0.05) is 30.3 Å². The molecule has 1 N–H and O–H groups in total. The van der Waals surface area contributed by atoms with Crippen molar-refractivity contribution in [3.05, 3.63) is 65.5 Å². The van der Waals surface area contributed by atoms with E-state index in [1.807, 2.05) is 30.3 Å². The second kappa shape index (κ2) is 9.64. The molecule has 2 heterocycles. The fourth-order valence-electron chi connectivity index (χ4n) is 3.80. The number of fused-ring (bicyclic) bond motifs is 1. The van der Waals surface area contributed by atoms with Crippen LogP contribution >= 0.6 is 0 Å². The molecule has 0 unspecified atom stereocenters. The maximum Gasteiger partial charge on any atom is 0.359 e. The number of carbonyl (C=O) groups is 2. The minimum Gasteiger partial charge on any atom is -0.497 e. The molecule has 2 amide bonds. The molecule has 1 aliphatic heterocycles. The van der Waals surface area contributed by atoms with Gasteiger partial charge in [-0.3, -0.25) is 0 Å². The van der Waals surface area contributed by atoms with Crippen molar-refractivity contribution in [1.29, 1.82) is 0 Å². The molecule has 0 aliphatic carbocycles. The lowest BCUT2D eigenvalue weighted by Crippen LogP contribution is -2.39. The predicted octanol–water partition coefficient (Wildman–Crippen LogP) is 3.66. The molecule has 0 spiro atoms. The molecule has 0 atom stereocenters. The number of methoxy groups -OCH3 is 2. The van der Waals surface area contributed by atoms with E-state index >= 15 is 0 Å². The van der Waals surface area contributed by atoms with Crippen molar-refractivity contribution in [3.8, 4) is 17.2 Å². The average molecular weight is 450 g/mol. The van der Waals surface area contributed by atoms with Crippen molar-refractivity contribution >= 4 is 17.7 Å². The molecule has 33 heavy (non-hydrogen) atoms. The number of carbonyl (C=O) groups excluding carboxylic acids is 2. The molecule has 3 aromatic rings. The quantitative estimate of drug-likeness (QED) is 0.576. The molecule has 0 bridgehead atoms. The Hall–Kier alpha value is -4.01. The Balaban J connectivity index is 1.62. The van der Waals surface area contributed by atoms with Crippen LogP contribution in [-0.2, 0) is 17.7 Å². The third-order valence-electron chi connectivity index (χ3n) is 5.45. The SMILES string of the molecule is CCOC(=O)c1nn(-c2ccc(OC)cc2)c2c1CN(C(=O)Nc1cccc(OC)c1)CC2. The maximum absolute atomic E-state index is 12.9. The zero-order valence-electron chi connectivity index (χ0n) is 18.8. The Kier molecular flexibility index (Phi) is 6.48. The molecule has 1 aliphatic rings. The van der Waals surface area contributed by atoms with Gasteiger partial charge in [-0.25, -0.2) is 14.3 Å². The highest BCUT2D eigenvalue weighted by atomic mass is 16.5. The smallest absolute Gasteiger partial charge is 0.359 e. The van der Waals surface area contributed by atoms with Gasteiger partial charge in [-0.2, -0.15) is 5.10 Å².